The number of hydrogen-bond acceptors (Lipinski definition) is 4. The van der Waals surface area contributed by atoms with Crippen LogP contribution in [0.1, 0.15) is 43.7 Å². The number of aromatic nitrogens is 2. The van der Waals surface area contributed by atoms with Crippen LogP contribution in [-0.4, -0.2) is 88.0 Å². The van der Waals surface area contributed by atoms with Crippen LogP contribution in [0.5, 0.6) is 0 Å². The van der Waals surface area contributed by atoms with Crippen LogP contribution in [0.15, 0.2) is 12.3 Å². The molecule has 1 spiro atoms. The minimum Gasteiger partial charge on any atom is -0.451 e. The molecule has 9 heteroatoms. The SMILES string of the molecule is BC(B)(B)COC(=O)N1CCC2(CC(N3CCC(c4ccnn4C)CC3)C2)C1. The van der Waals surface area contributed by atoms with Crippen LogP contribution in [0.4, 0.5) is 4.79 Å². The Kier molecular flexibility index (Phi) is 5.32. The van der Waals surface area contributed by atoms with Crippen molar-refractivity contribution in [3.8, 4) is 0 Å². The van der Waals surface area contributed by atoms with E-state index in [-0.39, 0.29) is 11.2 Å². The van der Waals surface area contributed by atoms with Crippen molar-refractivity contribution in [2.45, 2.75) is 49.2 Å². The number of rotatable bonds is 4. The van der Waals surface area contributed by atoms with Gasteiger partial charge in [0.25, 0.3) is 0 Å². The van der Waals surface area contributed by atoms with Gasteiger partial charge in [0.2, 0.25) is 0 Å². The van der Waals surface area contributed by atoms with E-state index in [1.54, 1.807) is 0 Å². The standard InChI is InChI=1S/C19H33B3N4O2/c1-24-16(2-6-23-24)14-3-7-25(8-4-14)15-10-18(11-15)5-9-26(12-18)17(27)28-13-19(20,21)22/h2,6,14-15H,3-5,7-13,20-22H2,1H3. The number of hydrogen-bond donors (Lipinski definition) is 0. The number of likely N-dealkylation sites (tertiary alicyclic amines) is 2. The first-order valence-corrected chi connectivity index (χ1v) is 10.9. The Labute approximate surface area is 171 Å². The molecule has 3 aliphatic rings. The summed E-state index contributed by atoms with van der Waals surface area (Å²) in [7, 11) is 8.34. The molecule has 1 amide bonds. The highest BCUT2D eigenvalue weighted by atomic mass is 16.6. The maximum Gasteiger partial charge on any atom is 0.409 e. The van der Waals surface area contributed by atoms with E-state index in [0.717, 1.165) is 19.5 Å². The van der Waals surface area contributed by atoms with Crippen molar-refractivity contribution in [1.82, 2.24) is 19.6 Å². The minimum atomic E-state index is -0.118. The van der Waals surface area contributed by atoms with E-state index in [1.165, 1.54) is 44.5 Å². The van der Waals surface area contributed by atoms with Gasteiger partial charge in [-0.25, -0.2) is 4.79 Å². The summed E-state index contributed by atoms with van der Waals surface area (Å²) in [4.78, 5) is 17.0. The lowest BCUT2D eigenvalue weighted by Gasteiger charge is -2.51. The fourth-order valence-corrected chi connectivity index (χ4v) is 5.34. The second-order valence-corrected chi connectivity index (χ2v) is 10.5. The van der Waals surface area contributed by atoms with Gasteiger partial charge < -0.3 is 14.5 Å². The van der Waals surface area contributed by atoms with Gasteiger partial charge in [0.1, 0.15) is 0 Å². The van der Waals surface area contributed by atoms with E-state index in [2.05, 4.69) is 46.7 Å². The van der Waals surface area contributed by atoms with Crippen LogP contribution in [-0.2, 0) is 11.8 Å². The molecular weight excluding hydrogens is 349 g/mol. The number of amides is 1. The van der Waals surface area contributed by atoms with Crippen molar-refractivity contribution >= 4 is 29.6 Å². The van der Waals surface area contributed by atoms with Crippen molar-refractivity contribution in [2.75, 3.05) is 32.8 Å². The highest BCUT2D eigenvalue weighted by Gasteiger charge is 2.51. The first-order chi connectivity index (χ1) is 13.2. The molecule has 3 heterocycles. The molecule has 150 valence electrons. The molecule has 0 aromatic carbocycles. The fraction of sp³-hybridized carbons (Fsp3) is 0.789. The Morgan fingerprint density at radius 3 is 2.61 bits per heavy atom. The van der Waals surface area contributed by atoms with Crippen LogP contribution in [0.2, 0.25) is 5.11 Å². The number of piperidine rings is 1. The Morgan fingerprint density at radius 1 is 1.29 bits per heavy atom. The molecule has 1 saturated carbocycles. The molecule has 0 bridgehead atoms. The largest absolute Gasteiger partial charge is 0.451 e. The van der Waals surface area contributed by atoms with Crippen LogP contribution in [0.3, 0.4) is 0 Å². The zero-order chi connectivity index (χ0) is 19.9. The summed E-state index contributed by atoms with van der Waals surface area (Å²) in [6, 6.07) is 2.88. The van der Waals surface area contributed by atoms with Gasteiger partial charge in [-0.1, -0.05) is 5.11 Å². The smallest absolute Gasteiger partial charge is 0.409 e. The second kappa shape index (κ2) is 7.47. The van der Waals surface area contributed by atoms with Gasteiger partial charge in [-0.15, -0.1) is 0 Å². The minimum absolute atomic E-state index is 0.0240. The second-order valence-electron chi connectivity index (χ2n) is 10.5. The van der Waals surface area contributed by atoms with E-state index in [1.807, 2.05) is 15.8 Å². The molecule has 2 saturated heterocycles. The van der Waals surface area contributed by atoms with Gasteiger partial charge in [0.05, 0.1) is 30.1 Å². The third-order valence-electron chi connectivity index (χ3n) is 6.99. The molecule has 2 aliphatic heterocycles. The van der Waals surface area contributed by atoms with Crippen molar-refractivity contribution in [3.63, 3.8) is 0 Å². The van der Waals surface area contributed by atoms with E-state index in [0.29, 0.717) is 24.0 Å². The maximum atomic E-state index is 12.4. The van der Waals surface area contributed by atoms with E-state index < -0.39 is 0 Å². The fourth-order valence-electron chi connectivity index (χ4n) is 5.34. The third-order valence-corrected chi connectivity index (χ3v) is 6.99. The number of carbonyl (C=O) groups excluding carboxylic acids is 1. The van der Waals surface area contributed by atoms with Crippen LogP contribution >= 0.6 is 0 Å². The van der Waals surface area contributed by atoms with E-state index in [4.69, 9.17) is 4.74 Å². The lowest BCUT2D eigenvalue weighted by molar-refractivity contribution is -0.00512. The van der Waals surface area contributed by atoms with E-state index >= 15 is 0 Å². The van der Waals surface area contributed by atoms with Crippen LogP contribution in [0.25, 0.3) is 0 Å². The Balaban J connectivity index is 1.22. The summed E-state index contributed by atoms with van der Waals surface area (Å²) >= 11 is 0. The Morgan fingerprint density at radius 2 is 2.00 bits per heavy atom. The highest BCUT2D eigenvalue weighted by molar-refractivity contribution is 6.59. The zero-order valence-electron chi connectivity index (χ0n) is 18.0. The molecule has 0 radical (unpaired) electrons. The normalized spacial score (nSPS) is 29.2. The predicted molar refractivity (Wildman–Crippen MR) is 118 cm³/mol. The zero-order valence-corrected chi connectivity index (χ0v) is 18.0. The first-order valence-electron chi connectivity index (χ1n) is 10.9. The van der Waals surface area contributed by atoms with Crippen molar-refractivity contribution in [3.05, 3.63) is 18.0 Å². The monoisotopic (exact) mass is 382 g/mol. The molecule has 3 fully saturated rings. The summed E-state index contributed by atoms with van der Waals surface area (Å²) < 4.78 is 7.55. The number of aryl methyl sites for hydroxylation is 1. The van der Waals surface area contributed by atoms with Crippen LogP contribution in [0, 0.1) is 5.41 Å². The number of ether oxygens (including phenoxy) is 1. The Bertz CT molecular complexity index is 706. The van der Waals surface area contributed by atoms with Crippen molar-refractivity contribution in [2.24, 2.45) is 12.5 Å². The van der Waals surface area contributed by atoms with Crippen molar-refractivity contribution < 1.29 is 9.53 Å². The lowest BCUT2D eigenvalue weighted by atomic mass is 9.43. The molecular formula is C19H33B3N4O2. The first kappa shape index (κ1) is 19.9. The number of carbonyl (C=O) groups is 1. The third kappa shape index (κ3) is 4.14. The summed E-state index contributed by atoms with van der Waals surface area (Å²) in [5.41, 5.74) is 1.73. The number of nitrogens with zero attached hydrogens (tertiary/aromatic N) is 4. The van der Waals surface area contributed by atoms with Gasteiger partial charge in [-0.2, -0.15) is 5.10 Å². The molecule has 1 aliphatic carbocycles. The average molecular weight is 382 g/mol. The van der Waals surface area contributed by atoms with Gasteiger partial charge in [0.15, 0.2) is 0 Å². The summed E-state index contributed by atoms with van der Waals surface area (Å²) in [5.74, 6) is 0.650. The van der Waals surface area contributed by atoms with Gasteiger partial charge in [0, 0.05) is 44.0 Å². The molecule has 28 heavy (non-hydrogen) atoms. The molecule has 0 unspecified atom stereocenters. The van der Waals surface area contributed by atoms with Gasteiger partial charge in [-0.3, -0.25) is 4.68 Å². The molecule has 4 rings (SSSR count). The van der Waals surface area contributed by atoms with Crippen molar-refractivity contribution in [1.29, 1.82) is 0 Å². The van der Waals surface area contributed by atoms with E-state index in [9.17, 15) is 4.79 Å². The van der Waals surface area contributed by atoms with Gasteiger partial charge >= 0.3 is 6.09 Å². The van der Waals surface area contributed by atoms with Gasteiger partial charge in [-0.05, 0) is 56.7 Å². The summed E-state index contributed by atoms with van der Waals surface area (Å²) in [6.07, 6.45) is 7.88. The molecule has 1 aromatic heterocycles. The summed E-state index contributed by atoms with van der Waals surface area (Å²) in [5, 5.41) is 4.35. The quantitative estimate of drug-likeness (QED) is 0.664. The summed E-state index contributed by atoms with van der Waals surface area (Å²) in [6.45, 7) is 4.61. The topological polar surface area (TPSA) is 50.6 Å². The molecule has 6 nitrogen and oxygen atoms in total. The molecule has 0 N–H and O–H groups in total. The maximum absolute atomic E-state index is 12.4. The predicted octanol–water partition coefficient (Wildman–Crippen LogP) is -0.436. The Hall–Kier alpha value is -1.37. The van der Waals surface area contributed by atoms with Crippen LogP contribution < -0.4 is 0 Å². The molecule has 1 aromatic rings. The average Bonchev–Trinajstić information content (AvgIpc) is 3.25. The molecule has 0 atom stereocenters. The lowest BCUT2D eigenvalue weighted by Crippen LogP contribution is -2.54. The highest BCUT2D eigenvalue weighted by Crippen LogP contribution is 2.51.